The lowest BCUT2D eigenvalue weighted by molar-refractivity contribution is -0.142. The summed E-state index contributed by atoms with van der Waals surface area (Å²) in [7, 11) is 0. The van der Waals surface area contributed by atoms with E-state index in [9.17, 15) is 9.59 Å². The van der Waals surface area contributed by atoms with Crippen molar-refractivity contribution in [3.63, 3.8) is 0 Å². The molecule has 0 aliphatic rings. The number of carboxylic acid groups (broad SMARTS) is 1. The summed E-state index contributed by atoms with van der Waals surface area (Å²) in [6.45, 7) is 5.80. The Bertz CT molecular complexity index is 241. The maximum Gasteiger partial charge on any atom is 0.326 e. The number of hydrogen-bond acceptors (Lipinski definition) is 3. The Hall–Kier alpha value is -1.10. The summed E-state index contributed by atoms with van der Waals surface area (Å²) < 4.78 is 0. The van der Waals surface area contributed by atoms with Gasteiger partial charge >= 0.3 is 5.97 Å². The second-order valence-corrected chi connectivity index (χ2v) is 4.42. The molecule has 16 heavy (non-hydrogen) atoms. The topological polar surface area (TPSA) is 92.4 Å². The van der Waals surface area contributed by atoms with E-state index in [0.29, 0.717) is 25.2 Å². The summed E-state index contributed by atoms with van der Waals surface area (Å²) in [6, 6.07) is -1.45. The van der Waals surface area contributed by atoms with Crippen LogP contribution < -0.4 is 11.1 Å². The molecule has 0 aromatic carbocycles. The van der Waals surface area contributed by atoms with E-state index in [-0.39, 0.29) is 5.91 Å². The number of nitrogens with two attached hydrogens (primary N) is 1. The third kappa shape index (κ3) is 5.70. The van der Waals surface area contributed by atoms with Gasteiger partial charge < -0.3 is 16.2 Å². The fourth-order valence-corrected chi connectivity index (χ4v) is 1.44. The van der Waals surface area contributed by atoms with Gasteiger partial charge in [0.2, 0.25) is 5.91 Å². The van der Waals surface area contributed by atoms with E-state index in [0.717, 1.165) is 0 Å². The van der Waals surface area contributed by atoms with Crippen LogP contribution in [0.4, 0.5) is 0 Å². The molecule has 0 rings (SSSR count). The molecule has 0 aliphatic carbocycles. The van der Waals surface area contributed by atoms with Gasteiger partial charge in [-0.25, -0.2) is 4.79 Å². The van der Waals surface area contributed by atoms with Gasteiger partial charge in [-0.2, -0.15) is 0 Å². The minimum absolute atomic E-state index is 0.315. The van der Waals surface area contributed by atoms with Crippen molar-refractivity contribution in [1.82, 2.24) is 5.32 Å². The van der Waals surface area contributed by atoms with Crippen LogP contribution in [-0.2, 0) is 9.59 Å². The molecule has 0 aromatic rings. The van der Waals surface area contributed by atoms with E-state index in [1.807, 2.05) is 20.8 Å². The van der Waals surface area contributed by atoms with Crippen LogP contribution in [0.1, 0.15) is 40.0 Å². The Morgan fingerprint density at radius 3 is 2.31 bits per heavy atom. The first-order chi connectivity index (χ1) is 7.38. The van der Waals surface area contributed by atoms with Crippen molar-refractivity contribution in [3.8, 4) is 0 Å². The van der Waals surface area contributed by atoms with Crippen molar-refractivity contribution in [2.45, 2.75) is 52.1 Å². The lowest BCUT2D eigenvalue weighted by Crippen LogP contribution is -2.48. The molecular weight excluding hydrogens is 208 g/mol. The van der Waals surface area contributed by atoms with Crippen molar-refractivity contribution in [2.24, 2.45) is 11.7 Å². The van der Waals surface area contributed by atoms with Crippen molar-refractivity contribution >= 4 is 11.9 Å². The number of aliphatic carboxylic acids is 1. The average molecular weight is 230 g/mol. The molecule has 4 N–H and O–H groups in total. The normalized spacial score (nSPS) is 14.6. The van der Waals surface area contributed by atoms with Crippen LogP contribution in [-0.4, -0.2) is 29.1 Å². The van der Waals surface area contributed by atoms with Gasteiger partial charge in [0.25, 0.3) is 0 Å². The van der Waals surface area contributed by atoms with E-state index < -0.39 is 18.1 Å². The van der Waals surface area contributed by atoms with Crippen molar-refractivity contribution in [1.29, 1.82) is 0 Å². The maximum atomic E-state index is 11.6. The first-order valence-electron chi connectivity index (χ1n) is 5.67. The number of carbonyl (C=O) groups excluding carboxylic acids is 1. The molecule has 1 amide bonds. The zero-order valence-electron chi connectivity index (χ0n) is 10.2. The number of hydrogen-bond donors (Lipinski definition) is 3. The molecule has 1 unspecified atom stereocenters. The summed E-state index contributed by atoms with van der Waals surface area (Å²) >= 11 is 0. The first-order valence-corrected chi connectivity index (χ1v) is 5.67. The van der Waals surface area contributed by atoms with Crippen LogP contribution in [0.25, 0.3) is 0 Å². The second kappa shape index (κ2) is 7.22. The summed E-state index contributed by atoms with van der Waals surface area (Å²) in [4.78, 5) is 22.4. The van der Waals surface area contributed by atoms with E-state index in [2.05, 4.69) is 5.32 Å². The van der Waals surface area contributed by atoms with E-state index in [1.54, 1.807) is 0 Å². The van der Waals surface area contributed by atoms with Gasteiger partial charge in [0.05, 0.1) is 6.04 Å². The van der Waals surface area contributed by atoms with Gasteiger partial charge in [0.15, 0.2) is 0 Å². The van der Waals surface area contributed by atoms with Crippen LogP contribution in [0.2, 0.25) is 0 Å². The molecule has 2 atom stereocenters. The largest absolute Gasteiger partial charge is 0.480 e. The molecule has 0 spiro atoms. The predicted molar refractivity (Wildman–Crippen MR) is 61.9 cm³/mol. The highest BCUT2D eigenvalue weighted by atomic mass is 16.4. The highest BCUT2D eigenvalue weighted by molar-refractivity contribution is 5.86. The summed E-state index contributed by atoms with van der Waals surface area (Å²) in [5.41, 5.74) is 5.66. The average Bonchev–Trinajstić information content (AvgIpc) is 2.15. The lowest BCUT2D eigenvalue weighted by Gasteiger charge is -2.18. The minimum atomic E-state index is -1.01. The first kappa shape index (κ1) is 14.9. The van der Waals surface area contributed by atoms with Gasteiger partial charge in [-0.3, -0.25) is 4.79 Å². The highest BCUT2D eigenvalue weighted by Crippen LogP contribution is 2.04. The maximum absolute atomic E-state index is 11.6. The Balaban J connectivity index is 4.23. The molecule has 0 saturated carbocycles. The zero-order chi connectivity index (χ0) is 12.7. The fourth-order valence-electron chi connectivity index (χ4n) is 1.44. The minimum Gasteiger partial charge on any atom is -0.480 e. The SMILES string of the molecule is CCCC(NC(=O)[C@@H](N)CC(C)C)C(=O)O. The van der Waals surface area contributed by atoms with Crippen molar-refractivity contribution < 1.29 is 14.7 Å². The van der Waals surface area contributed by atoms with Crippen molar-refractivity contribution in [2.75, 3.05) is 0 Å². The Kier molecular flexibility index (Phi) is 6.72. The molecular formula is C11H22N2O3. The van der Waals surface area contributed by atoms with Gasteiger partial charge in [-0.15, -0.1) is 0 Å². The van der Waals surface area contributed by atoms with Crippen LogP contribution in [0, 0.1) is 5.92 Å². The quantitative estimate of drug-likeness (QED) is 0.601. The van der Waals surface area contributed by atoms with Crippen molar-refractivity contribution in [3.05, 3.63) is 0 Å². The number of rotatable bonds is 7. The smallest absolute Gasteiger partial charge is 0.326 e. The Morgan fingerprint density at radius 2 is 1.94 bits per heavy atom. The number of amides is 1. The van der Waals surface area contributed by atoms with Gasteiger partial charge in [0, 0.05) is 0 Å². The zero-order valence-corrected chi connectivity index (χ0v) is 10.2. The number of carbonyl (C=O) groups is 2. The van der Waals surface area contributed by atoms with Crippen LogP contribution >= 0.6 is 0 Å². The molecule has 5 nitrogen and oxygen atoms in total. The second-order valence-electron chi connectivity index (χ2n) is 4.42. The van der Waals surface area contributed by atoms with Crippen LogP contribution in [0.5, 0.6) is 0 Å². The Morgan fingerprint density at radius 1 is 1.38 bits per heavy atom. The summed E-state index contributed by atoms with van der Waals surface area (Å²) in [6.07, 6.45) is 1.69. The summed E-state index contributed by atoms with van der Waals surface area (Å²) in [5, 5.41) is 11.3. The van der Waals surface area contributed by atoms with Gasteiger partial charge in [-0.1, -0.05) is 27.2 Å². The molecule has 5 heteroatoms. The van der Waals surface area contributed by atoms with Crippen LogP contribution in [0.15, 0.2) is 0 Å². The van der Waals surface area contributed by atoms with Gasteiger partial charge in [0.1, 0.15) is 6.04 Å². The Labute approximate surface area is 96.4 Å². The molecule has 0 saturated heterocycles. The molecule has 0 fully saturated rings. The molecule has 0 radical (unpaired) electrons. The number of nitrogens with one attached hydrogen (secondary N) is 1. The fraction of sp³-hybridized carbons (Fsp3) is 0.818. The predicted octanol–water partition coefficient (Wildman–Crippen LogP) is 0.729. The third-order valence-electron chi connectivity index (χ3n) is 2.25. The van der Waals surface area contributed by atoms with Crippen LogP contribution in [0.3, 0.4) is 0 Å². The third-order valence-corrected chi connectivity index (χ3v) is 2.25. The standard InChI is InChI=1S/C11H22N2O3/c1-4-5-9(11(15)16)13-10(14)8(12)6-7(2)3/h7-9H,4-6,12H2,1-3H3,(H,13,14)(H,15,16)/t8-,9?/m0/s1. The molecule has 0 bridgehead atoms. The lowest BCUT2D eigenvalue weighted by atomic mass is 10.0. The van der Waals surface area contributed by atoms with E-state index in [1.165, 1.54) is 0 Å². The number of carboxylic acids is 1. The molecule has 0 aromatic heterocycles. The monoisotopic (exact) mass is 230 g/mol. The van der Waals surface area contributed by atoms with E-state index in [4.69, 9.17) is 10.8 Å². The highest BCUT2D eigenvalue weighted by Gasteiger charge is 2.22. The van der Waals surface area contributed by atoms with Gasteiger partial charge in [-0.05, 0) is 18.8 Å². The van der Waals surface area contributed by atoms with E-state index >= 15 is 0 Å². The molecule has 94 valence electrons. The summed E-state index contributed by atoms with van der Waals surface area (Å²) in [5.74, 6) is -1.07. The molecule has 0 aliphatic heterocycles. The molecule has 0 heterocycles.